The van der Waals surface area contributed by atoms with Crippen molar-refractivity contribution in [1.29, 1.82) is 0 Å². The molecule has 5 rings (SSSR count). The summed E-state index contributed by atoms with van der Waals surface area (Å²) in [5, 5.41) is 0. The Bertz CT molecular complexity index is 1330. The van der Waals surface area contributed by atoms with Crippen molar-refractivity contribution in [3.05, 3.63) is 121 Å². The van der Waals surface area contributed by atoms with Crippen molar-refractivity contribution in [2.24, 2.45) is 0 Å². The Morgan fingerprint density at radius 1 is 0.419 bits per heavy atom. The largest absolute Gasteiger partial charge is 0.228 e. The van der Waals surface area contributed by atoms with Crippen LogP contribution in [0.2, 0.25) is 0 Å². The second-order valence-electron chi connectivity index (χ2n) is 7.64. The summed E-state index contributed by atoms with van der Waals surface area (Å²) in [4.78, 5) is 9.87. The van der Waals surface area contributed by atoms with Crippen molar-refractivity contribution in [1.82, 2.24) is 9.97 Å². The highest BCUT2D eigenvalue weighted by molar-refractivity contribution is 5.75. The summed E-state index contributed by atoms with van der Waals surface area (Å²) < 4.78 is 0. The molecule has 1 heterocycles. The van der Waals surface area contributed by atoms with E-state index in [-0.39, 0.29) is 0 Å². The molecule has 2 nitrogen and oxygen atoms in total. The molecule has 0 saturated heterocycles. The van der Waals surface area contributed by atoms with Crippen LogP contribution in [0.15, 0.2) is 115 Å². The van der Waals surface area contributed by atoms with Gasteiger partial charge in [0.2, 0.25) is 0 Å². The molecule has 0 fully saturated rings. The standard InChI is InChI=1S/C29H22N2/c1-21-10-8-17-26(18-21)29-30-27(23-13-6-3-7-14-23)20-28(31-29)25-16-9-15-24(19-25)22-11-4-2-5-12-22/h2-20H,1H3. The van der Waals surface area contributed by atoms with E-state index in [1.54, 1.807) is 0 Å². The van der Waals surface area contributed by atoms with Crippen molar-refractivity contribution >= 4 is 0 Å². The van der Waals surface area contributed by atoms with Gasteiger partial charge in [-0.25, -0.2) is 9.97 Å². The van der Waals surface area contributed by atoms with Crippen LogP contribution in [0.5, 0.6) is 0 Å². The lowest BCUT2D eigenvalue weighted by atomic mass is 10.0. The third-order valence-electron chi connectivity index (χ3n) is 5.34. The molecule has 0 amide bonds. The fourth-order valence-corrected chi connectivity index (χ4v) is 3.75. The number of benzene rings is 4. The van der Waals surface area contributed by atoms with Crippen molar-refractivity contribution in [3.8, 4) is 45.0 Å². The Morgan fingerprint density at radius 3 is 1.68 bits per heavy atom. The Morgan fingerprint density at radius 2 is 0.968 bits per heavy atom. The van der Waals surface area contributed by atoms with Gasteiger partial charge in [-0.05, 0) is 36.2 Å². The Labute approximate surface area is 182 Å². The SMILES string of the molecule is Cc1cccc(-c2nc(-c3ccccc3)cc(-c3cccc(-c4ccccc4)c3)n2)c1. The van der Waals surface area contributed by atoms with Gasteiger partial charge < -0.3 is 0 Å². The maximum absolute atomic E-state index is 4.96. The number of hydrogen-bond acceptors (Lipinski definition) is 2. The average molecular weight is 399 g/mol. The zero-order chi connectivity index (χ0) is 21.0. The molecule has 4 aromatic carbocycles. The zero-order valence-electron chi connectivity index (χ0n) is 17.4. The molecule has 0 bridgehead atoms. The normalized spacial score (nSPS) is 10.7. The lowest BCUT2D eigenvalue weighted by Crippen LogP contribution is -1.96. The van der Waals surface area contributed by atoms with E-state index in [1.165, 1.54) is 16.7 Å². The van der Waals surface area contributed by atoms with Crippen LogP contribution in [0.4, 0.5) is 0 Å². The summed E-state index contributed by atoms with van der Waals surface area (Å²) in [6.45, 7) is 2.09. The Balaban J connectivity index is 1.67. The molecule has 0 aliphatic rings. The van der Waals surface area contributed by atoms with Crippen molar-refractivity contribution in [2.45, 2.75) is 6.92 Å². The van der Waals surface area contributed by atoms with Gasteiger partial charge in [0.15, 0.2) is 5.82 Å². The second kappa shape index (κ2) is 8.37. The average Bonchev–Trinajstić information content (AvgIpc) is 2.85. The lowest BCUT2D eigenvalue weighted by molar-refractivity contribution is 1.18. The van der Waals surface area contributed by atoms with Crippen molar-refractivity contribution in [3.63, 3.8) is 0 Å². The van der Waals surface area contributed by atoms with Crippen LogP contribution in [-0.2, 0) is 0 Å². The van der Waals surface area contributed by atoms with Crippen molar-refractivity contribution < 1.29 is 0 Å². The fourth-order valence-electron chi connectivity index (χ4n) is 3.75. The van der Waals surface area contributed by atoms with Gasteiger partial charge in [-0.1, -0.05) is 103 Å². The minimum atomic E-state index is 0.741. The van der Waals surface area contributed by atoms with E-state index in [2.05, 4.69) is 97.9 Å². The first-order valence-corrected chi connectivity index (χ1v) is 10.4. The molecule has 0 spiro atoms. The van der Waals surface area contributed by atoms with Crippen LogP contribution in [-0.4, -0.2) is 9.97 Å². The van der Waals surface area contributed by atoms with Gasteiger partial charge in [-0.2, -0.15) is 0 Å². The summed E-state index contributed by atoms with van der Waals surface area (Å²) in [5.74, 6) is 0.741. The first-order chi connectivity index (χ1) is 15.3. The number of hydrogen-bond donors (Lipinski definition) is 0. The fraction of sp³-hybridized carbons (Fsp3) is 0.0345. The highest BCUT2D eigenvalue weighted by atomic mass is 14.9. The summed E-state index contributed by atoms with van der Waals surface area (Å²) in [5.41, 5.74) is 8.59. The van der Waals surface area contributed by atoms with Gasteiger partial charge in [-0.15, -0.1) is 0 Å². The third-order valence-corrected chi connectivity index (χ3v) is 5.34. The Hall–Kier alpha value is -4.04. The molecule has 31 heavy (non-hydrogen) atoms. The van der Waals surface area contributed by atoms with E-state index in [9.17, 15) is 0 Å². The highest BCUT2D eigenvalue weighted by Crippen LogP contribution is 2.30. The van der Waals surface area contributed by atoms with E-state index in [1.807, 2.05) is 24.3 Å². The number of rotatable bonds is 4. The van der Waals surface area contributed by atoms with Crippen LogP contribution in [0, 0.1) is 6.92 Å². The van der Waals surface area contributed by atoms with E-state index < -0.39 is 0 Å². The summed E-state index contributed by atoms with van der Waals surface area (Å²) in [7, 11) is 0. The second-order valence-corrected chi connectivity index (χ2v) is 7.64. The first kappa shape index (κ1) is 19.0. The van der Waals surface area contributed by atoms with Crippen LogP contribution < -0.4 is 0 Å². The highest BCUT2D eigenvalue weighted by Gasteiger charge is 2.11. The number of aryl methyl sites for hydroxylation is 1. The van der Waals surface area contributed by atoms with Crippen LogP contribution >= 0.6 is 0 Å². The first-order valence-electron chi connectivity index (χ1n) is 10.4. The summed E-state index contributed by atoms with van der Waals surface area (Å²) >= 11 is 0. The molecule has 2 heteroatoms. The van der Waals surface area contributed by atoms with Crippen LogP contribution in [0.3, 0.4) is 0 Å². The minimum absolute atomic E-state index is 0.741. The van der Waals surface area contributed by atoms with E-state index in [0.29, 0.717) is 0 Å². The molecule has 0 aliphatic carbocycles. The predicted octanol–water partition coefficient (Wildman–Crippen LogP) is 7.45. The third kappa shape index (κ3) is 4.15. The van der Waals surface area contributed by atoms with Gasteiger partial charge in [0.25, 0.3) is 0 Å². The van der Waals surface area contributed by atoms with Gasteiger partial charge in [0.1, 0.15) is 0 Å². The Kier molecular flexibility index (Phi) is 5.12. The summed E-state index contributed by atoms with van der Waals surface area (Å²) in [6.07, 6.45) is 0. The molecular weight excluding hydrogens is 376 g/mol. The maximum Gasteiger partial charge on any atom is 0.160 e. The maximum atomic E-state index is 4.96. The molecule has 0 unspecified atom stereocenters. The number of aromatic nitrogens is 2. The molecule has 148 valence electrons. The van der Waals surface area contributed by atoms with E-state index >= 15 is 0 Å². The molecule has 5 aromatic rings. The van der Waals surface area contributed by atoms with Gasteiger partial charge in [0.05, 0.1) is 11.4 Å². The smallest absolute Gasteiger partial charge is 0.160 e. The van der Waals surface area contributed by atoms with E-state index in [4.69, 9.17) is 9.97 Å². The molecular formula is C29H22N2. The van der Waals surface area contributed by atoms with Gasteiger partial charge in [0, 0.05) is 16.7 Å². The predicted molar refractivity (Wildman–Crippen MR) is 129 cm³/mol. The minimum Gasteiger partial charge on any atom is -0.228 e. The molecule has 0 aliphatic heterocycles. The zero-order valence-corrected chi connectivity index (χ0v) is 17.4. The molecule has 0 saturated carbocycles. The molecule has 0 atom stereocenters. The van der Waals surface area contributed by atoms with Gasteiger partial charge >= 0.3 is 0 Å². The molecule has 0 N–H and O–H groups in total. The van der Waals surface area contributed by atoms with Crippen LogP contribution in [0.25, 0.3) is 45.0 Å². The molecule has 1 aromatic heterocycles. The lowest BCUT2D eigenvalue weighted by Gasteiger charge is -2.11. The van der Waals surface area contributed by atoms with Gasteiger partial charge in [-0.3, -0.25) is 0 Å². The van der Waals surface area contributed by atoms with Crippen molar-refractivity contribution in [2.75, 3.05) is 0 Å². The topological polar surface area (TPSA) is 25.8 Å². The van der Waals surface area contributed by atoms with Crippen LogP contribution in [0.1, 0.15) is 5.56 Å². The number of nitrogens with zero attached hydrogens (tertiary/aromatic N) is 2. The molecule has 0 radical (unpaired) electrons. The monoisotopic (exact) mass is 398 g/mol. The quantitative estimate of drug-likeness (QED) is 0.314. The van der Waals surface area contributed by atoms with E-state index in [0.717, 1.165) is 33.9 Å². The summed E-state index contributed by atoms with van der Waals surface area (Å²) in [6, 6.07) is 39.7.